The lowest BCUT2D eigenvalue weighted by Gasteiger charge is -2.22. The largest absolute Gasteiger partial charge is 0.391 e. The Hall–Kier alpha value is -1.42. The topological polar surface area (TPSA) is 62.2 Å². The first kappa shape index (κ1) is 14.6. The van der Waals surface area contributed by atoms with Gasteiger partial charge in [0.05, 0.1) is 12.5 Å². The number of carbonyl (C=O) groups is 1. The molecule has 1 atom stereocenters. The maximum Gasteiger partial charge on any atom is 0.224 e. The van der Waals surface area contributed by atoms with Crippen molar-refractivity contribution in [3.05, 3.63) is 30.1 Å². The summed E-state index contributed by atoms with van der Waals surface area (Å²) >= 11 is 0. The fourth-order valence-electron chi connectivity index (χ4n) is 1.76. The molecule has 0 aliphatic heterocycles. The summed E-state index contributed by atoms with van der Waals surface area (Å²) < 4.78 is 0. The van der Waals surface area contributed by atoms with Gasteiger partial charge in [-0.2, -0.15) is 0 Å². The third-order valence-corrected chi connectivity index (χ3v) is 2.47. The van der Waals surface area contributed by atoms with Crippen LogP contribution in [-0.2, 0) is 11.2 Å². The molecule has 1 rings (SSSR count). The molecule has 1 aromatic rings. The van der Waals surface area contributed by atoms with Crippen LogP contribution < -0.4 is 5.32 Å². The van der Waals surface area contributed by atoms with E-state index in [1.807, 2.05) is 6.07 Å². The Morgan fingerprint density at radius 2 is 2.22 bits per heavy atom. The molecule has 0 fully saturated rings. The van der Waals surface area contributed by atoms with Crippen molar-refractivity contribution in [2.24, 2.45) is 5.41 Å². The molecular formula is C14H22N2O2. The quantitative estimate of drug-likeness (QED) is 0.833. The van der Waals surface area contributed by atoms with E-state index in [2.05, 4.69) is 31.1 Å². The molecule has 0 aliphatic rings. The second-order valence-electron chi connectivity index (χ2n) is 5.76. The first-order valence-electron chi connectivity index (χ1n) is 6.20. The summed E-state index contributed by atoms with van der Waals surface area (Å²) in [5, 5.41) is 12.5. The average Bonchev–Trinajstić information content (AvgIpc) is 2.25. The molecule has 1 heterocycles. The van der Waals surface area contributed by atoms with Gasteiger partial charge in [0.15, 0.2) is 0 Å². The van der Waals surface area contributed by atoms with Crippen LogP contribution >= 0.6 is 0 Å². The normalized spacial score (nSPS) is 13.1. The molecule has 0 saturated heterocycles. The predicted octanol–water partition coefficient (Wildman–Crippen LogP) is 1.54. The van der Waals surface area contributed by atoms with Gasteiger partial charge in [-0.25, -0.2) is 0 Å². The zero-order valence-electron chi connectivity index (χ0n) is 11.3. The van der Waals surface area contributed by atoms with E-state index in [0.717, 1.165) is 5.56 Å². The van der Waals surface area contributed by atoms with Gasteiger partial charge >= 0.3 is 0 Å². The Morgan fingerprint density at radius 3 is 2.78 bits per heavy atom. The molecule has 0 aromatic carbocycles. The Kier molecular flexibility index (Phi) is 5.28. The van der Waals surface area contributed by atoms with Gasteiger partial charge in [-0.3, -0.25) is 9.78 Å². The summed E-state index contributed by atoms with van der Waals surface area (Å²) in [7, 11) is 0. The lowest BCUT2D eigenvalue weighted by Crippen LogP contribution is -2.35. The molecule has 0 bridgehead atoms. The Balaban J connectivity index is 2.29. The number of carbonyl (C=O) groups excluding carboxylic acids is 1. The predicted molar refractivity (Wildman–Crippen MR) is 71.0 cm³/mol. The first-order chi connectivity index (χ1) is 8.37. The average molecular weight is 250 g/mol. The van der Waals surface area contributed by atoms with E-state index in [0.29, 0.717) is 19.4 Å². The summed E-state index contributed by atoms with van der Waals surface area (Å²) in [6.45, 7) is 6.49. The van der Waals surface area contributed by atoms with E-state index in [9.17, 15) is 9.90 Å². The van der Waals surface area contributed by atoms with E-state index in [1.165, 1.54) is 0 Å². The first-order valence-corrected chi connectivity index (χ1v) is 6.20. The van der Waals surface area contributed by atoms with Gasteiger partial charge in [0.25, 0.3) is 0 Å². The zero-order chi connectivity index (χ0) is 13.6. The number of nitrogens with zero attached hydrogens (tertiary/aromatic N) is 1. The number of aromatic nitrogens is 1. The second kappa shape index (κ2) is 6.50. The van der Waals surface area contributed by atoms with Crippen LogP contribution in [0.2, 0.25) is 0 Å². The molecule has 0 spiro atoms. The molecule has 4 heteroatoms. The summed E-state index contributed by atoms with van der Waals surface area (Å²) in [5.74, 6) is -0.0871. The van der Waals surface area contributed by atoms with Gasteiger partial charge in [-0.15, -0.1) is 0 Å². The molecule has 0 radical (unpaired) electrons. The van der Waals surface area contributed by atoms with Crippen LogP contribution in [-0.4, -0.2) is 28.6 Å². The molecule has 0 aliphatic carbocycles. The smallest absolute Gasteiger partial charge is 0.224 e. The maximum atomic E-state index is 11.6. The van der Waals surface area contributed by atoms with E-state index >= 15 is 0 Å². The summed E-state index contributed by atoms with van der Waals surface area (Å²) in [5.41, 5.74) is 0.938. The van der Waals surface area contributed by atoms with E-state index in [-0.39, 0.29) is 11.3 Å². The van der Waals surface area contributed by atoms with Gasteiger partial charge in [-0.05, 0) is 23.5 Å². The molecular weight excluding hydrogens is 228 g/mol. The molecule has 18 heavy (non-hydrogen) atoms. The van der Waals surface area contributed by atoms with Crippen molar-refractivity contribution in [1.29, 1.82) is 0 Å². The fraction of sp³-hybridized carbons (Fsp3) is 0.571. The van der Waals surface area contributed by atoms with Crippen LogP contribution in [0.5, 0.6) is 0 Å². The van der Waals surface area contributed by atoms with Crippen LogP contribution in [0.1, 0.15) is 32.8 Å². The number of aliphatic hydroxyl groups is 1. The van der Waals surface area contributed by atoms with Gasteiger partial charge in [0, 0.05) is 18.9 Å². The minimum Gasteiger partial charge on any atom is -0.391 e. The summed E-state index contributed by atoms with van der Waals surface area (Å²) in [6.07, 6.45) is 3.82. The molecule has 1 aromatic heterocycles. The van der Waals surface area contributed by atoms with Gasteiger partial charge in [-0.1, -0.05) is 26.8 Å². The third kappa shape index (κ3) is 6.35. The Labute approximate surface area is 108 Å². The number of aliphatic hydroxyl groups excluding tert-OH is 1. The molecule has 4 nitrogen and oxygen atoms in total. The van der Waals surface area contributed by atoms with Gasteiger partial charge < -0.3 is 10.4 Å². The fourth-order valence-corrected chi connectivity index (χ4v) is 1.76. The molecule has 100 valence electrons. The third-order valence-electron chi connectivity index (χ3n) is 2.47. The number of hydrogen-bond donors (Lipinski definition) is 2. The summed E-state index contributed by atoms with van der Waals surface area (Å²) in [6, 6.07) is 3.66. The van der Waals surface area contributed by atoms with Crippen LogP contribution in [0.15, 0.2) is 24.5 Å². The van der Waals surface area contributed by atoms with Crippen molar-refractivity contribution >= 4 is 5.91 Å². The number of nitrogens with one attached hydrogen (secondary N) is 1. The number of hydrogen-bond acceptors (Lipinski definition) is 3. The monoisotopic (exact) mass is 250 g/mol. The van der Waals surface area contributed by atoms with Crippen molar-refractivity contribution in [2.75, 3.05) is 6.54 Å². The summed E-state index contributed by atoms with van der Waals surface area (Å²) in [4.78, 5) is 15.6. The van der Waals surface area contributed by atoms with E-state index < -0.39 is 6.10 Å². The standard InChI is InChI=1S/C14H22N2O2/c1-14(2,3)8-12(17)10-16-13(18)7-11-5-4-6-15-9-11/h4-6,9,12,17H,7-8,10H2,1-3H3,(H,16,18). The van der Waals surface area contributed by atoms with Crippen LogP contribution in [0, 0.1) is 5.41 Å². The highest BCUT2D eigenvalue weighted by molar-refractivity contribution is 5.78. The molecule has 1 unspecified atom stereocenters. The highest BCUT2D eigenvalue weighted by Gasteiger charge is 2.17. The Bertz CT molecular complexity index is 371. The van der Waals surface area contributed by atoms with Crippen molar-refractivity contribution in [2.45, 2.75) is 39.7 Å². The highest BCUT2D eigenvalue weighted by Crippen LogP contribution is 2.20. The van der Waals surface area contributed by atoms with E-state index in [1.54, 1.807) is 18.5 Å². The lowest BCUT2D eigenvalue weighted by molar-refractivity contribution is -0.121. The van der Waals surface area contributed by atoms with Crippen LogP contribution in [0.25, 0.3) is 0 Å². The molecule has 2 N–H and O–H groups in total. The second-order valence-corrected chi connectivity index (χ2v) is 5.76. The number of pyridine rings is 1. The van der Waals surface area contributed by atoms with Gasteiger partial charge in [0.2, 0.25) is 5.91 Å². The molecule has 1 amide bonds. The minimum atomic E-state index is -0.497. The van der Waals surface area contributed by atoms with Crippen molar-refractivity contribution in [3.63, 3.8) is 0 Å². The van der Waals surface area contributed by atoms with E-state index in [4.69, 9.17) is 0 Å². The minimum absolute atomic E-state index is 0.0630. The Morgan fingerprint density at radius 1 is 1.50 bits per heavy atom. The number of rotatable bonds is 5. The van der Waals surface area contributed by atoms with Crippen molar-refractivity contribution in [1.82, 2.24) is 10.3 Å². The lowest BCUT2D eigenvalue weighted by atomic mass is 9.89. The van der Waals surface area contributed by atoms with Gasteiger partial charge in [0.1, 0.15) is 0 Å². The SMILES string of the molecule is CC(C)(C)CC(O)CNC(=O)Cc1cccnc1. The number of amides is 1. The van der Waals surface area contributed by atoms with Crippen molar-refractivity contribution in [3.8, 4) is 0 Å². The van der Waals surface area contributed by atoms with Crippen LogP contribution in [0.4, 0.5) is 0 Å². The maximum absolute atomic E-state index is 11.6. The van der Waals surface area contributed by atoms with Crippen LogP contribution in [0.3, 0.4) is 0 Å². The zero-order valence-corrected chi connectivity index (χ0v) is 11.3. The highest BCUT2D eigenvalue weighted by atomic mass is 16.3. The van der Waals surface area contributed by atoms with Crippen molar-refractivity contribution < 1.29 is 9.90 Å². The molecule has 0 saturated carbocycles.